The van der Waals surface area contributed by atoms with E-state index in [1.807, 2.05) is 50.0 Å². The molecular weight excluding hydrogens is 328 g/mol. The number of aliphatic hydroxyl groups is 1. The van der Waals surface area contributed by atoms with E-state index in [0.717, 1.165) is 23.2 Å². The van der Waals surface area contributed by atoms with Gasteiger partial charge in [-0.15, -0.1) is 0 Å². The molecule has 1 aromatic carbocycles. The van der Waals surface area contributed by atoms with Gasteiger partial charge in [0.2, 0.25) is 0 Å². The maximum Gasteiger partial charge on any atom is 0.256 e. The lowest BCUT2D eigenvalue weighted by atomic mass is 9.91. The van der Waals surface area contributed by atoms with Gasteiger partial charge in [-0.3, -0.25) is 9.48 Å². The number of aromatic nitrogens is 2. The van der Waals surface area contributed by atoms with Crippen LogP contribution in [0.5, 0.6) is 0 Å². The first-order chi connectivity index (χ1) is 12.4. The molecule has 1 saturated heterocycles. The van der Waals surface area contributed by atoms with E-state index < -0.39 is 5.60 Å². The summed E-state index contributed by atoms with van der Waals surface area (Å²) >= 11 is 0. The monoisotopic (exact) mass is 356 g/mol. The van der Waals surface area contributed by atoms with E-state index in [1.165, 1.54) is 5.56 Å². The average molecular weight is 356 g/mol. The van der Waals surface area contributed by atoms with Gasteiger partial charge in [0, 0.05) is 44.5 Å². The predicted molar refractivity (Wildman–Crippen MR) is 100 cm³/mol. The van der Waals surface area contributed by atoms with Crippen LogP contribution in [-0.4, -0.2) is 44.4 Å². The van der Waals surface area contributed by atoms with Crippen molar-refractivity contribution in [1.82, 2.24) is 20.0 Å². The molecule has 1 amide bonds. The summed E-state index contributed by atoms with van der Waals surface area (Å²) in [7, 11) is 1.90. The first-order valence-electron chi connectivity index (χ1n) is 9.14. The lowest BCUT2D eigenvalue weighted by Crippen LogP contribution is -2.57. The second-order valence-corrected chi connectivity index (χ2v) is 7.33. The van der Waals surface area contributed by atoms with Crippen molar-refractivity contribution < 1.29 is 9.90 Å². The summed E-state index contributed by atoms with van der Waals surface area (Å²) in [6.07, 6.45) is 3.12. The third kappa shape index (κ3) is 3.97. The third-order valence-electron chi connectivity index (χ3n) is 5.23. The smallest absolute Gasteiger partial charge is 0.256 e. The highest BCUT2D eigenvalue weighted by Gasteiger charge is 2.41. The van der Waals surface area contributed by atoms with Gasteiger partial charge in [-0.05, 0) is 32.3 Å². The summed E-state index contributed by atoms with van der Waals surface area (Å²) in [5.41, 5.74) is 3.10. The molecule has 26 heavy (non-hydrogen) atoms. The van der Waals surface area contributed by atoms with Gasteiger partial charge >= 0.3 is 0 Å². The zero-order valence-corrected chi connectivity index (χ0v) is 15.8. The number of benzene rings is 1. The van der Waals surface area contributed by atoms with Crippen LogP contribution in [-0.2, 0) is 24.9 Å². The van der Waals surface area contributed by atoms with Crippen molar-refractivity contribution in [2.24, 2.45) is 7.05 Å². The van der Waals surface area contributed by atoms with Crippen LogP contribution in [0.2, 0.25) is 0 Å². The summed E-state index contributed by atoms with van der Waals surface area (Å²) in [4.78, 5) is 14.6. The molecular formula is C20H28N4O2. The number of rotatable bonds is 6. The highest BCUT2D eigenvalue weighted by atomic mass is 16.3. The zero-order chi connectivity index (χ0) is 18.7. The number of aryl methyl sites for hydroxylation is 2. The Balaban J connectivity index is 1.61. The van der Waals surface area contributed by atoms with Crippen LogP contribution in [0.4, 0.5) is 0 Å². The minimum Gasteiger partial charge on any atom is -0.379 e. The number of piperidine rings is 1. The van der Waals surface area contributed by atoms with Gasteiger partial charge in [-0.2, -0.15) is 5.10 Å². The van der Waals surface area contributed by atoms with Crippen LogP contribution < -0.4 is 5.32 Å². The van der Waals surface area contributed by atoms with E-state index in [9.17, 15) is 9.90 Å². The Kier molecular flexibility index (Phi) is 5.44. The summed E-state index contributed by atoms with van der Waals surface area (Å²) in [6, 6.07) is 8.16. The number of hydrogen-bond donors (Lipinski definition) is 2. The van der Waals surface area contributed by atoms with Crippen molar-refractivity contribution in [3.63, 3.8) is 0 Å². The van der Waals surface area contributed by atoms with E-state index in [-0.39, 0.29) is 12.5 Å². The van der Waals surface area contributed by atoms with Gasteiger partial charge in [0.25, 0.3) is 5.91 Å². The third-order valence-corrected chi connectivity index (χ3v) is 5.23. The molecule has 6 heteroatoms. The van der Waals surface area contributed by atoms with E-state index >= 15 is 0 Å². The van der Waals surface area contributed by atoms with Gasteiger partial charge < -0.3 is 15.3 Å². The van der Waals surface area contributed by atoms with E-state index in [1.54, 1.807) is 4.90 Å². The molecule has 3 rings (SSSR count). The minimum absolute atomic E-state index is 0.180. The highest BCUT2D eigenvalue weighted by molar-refractivity contribution is 5.86. The van der Waals surface area contributed by atoms with Crippen molar-refractivity contribution in [3.8, 4) is 0 Å². The molecule has 1 aliphatic heterocycles. The largest absolute Gasteiger partial charge is 0.379 e. The number of amides is 1. The fraction of sp³-hybridized carbons (Fsp3) is 0.500. The number of carbonyl (C=O) groups is 1. The van der Waals surface area contributed by atoms with E-state index in [2.05, 4.69) is 16.5 Å². The van der Waals surface area contributed by atoms with E-state index in [0.29, 0.717) is 26.1 Å². The molecule has 1 unspecified atom stereocenters. The van der Waals surface area contributed by atoms with Gasteiger partial charge in [0.15, 0.2) is 5.60 Å². The van der Waals surface area contributed by atoms with Crippen molar-refractivity contribution in [2.75, 3.05) is 13.1 Å². The maximum absolute atomic E-state index is 12.9. The molecule has 6 nitrogen and oxygen atoms in total. The quantitative estimate of drug-likeness (QED) is 0.826. The molecule has 1 aromatic heterocycles. The van der Waals surface area contributed by atoms with E-state index in [4.69, 9.17) is 0 Å². The molecule has 0 bridgehead atoms. The summed E-state index contributed by atoms with van der Waals surface area (Å²) < 4.78 is 1.82. The fourth-order valence-corrected chi connectivity index (χ4v) is 3.53. The lowest BCUT2D eigenvalue weighted by Gasteiger charge is -2.38. The Morgan fingerprint density at radius 1 is 1.35 bits per heavy atom. The van der Waals surface area contributed by atoms with Crippen molar-refractivity contribution in [3.05, 3.63) is 52.8 Å². The molecule has 1 aliphatic rings. The molecule has 1 atom stereocenters. The number of likely N-dealkylation sites (tertiary alicyclic amines) is 1. The summed E-state index contributed by atoms with van der Waals surface area (Å²) in [5, 5.41) is 18.4. The predicted octanol–water partition coefficient (Wildman–Crippen LogP) is 1.68. The molecule has 0 aliphatic carbocycles. The Hall–Kier alpha value is -2.18. The van der Waals surface area contributed by atoms with Crippen LogP contribution in [0.3, 0.4) is 0 Å². The van der Waals surface area contributed by atoms with Crippen LogP contribution in [0.25, 0.3) is 0 Å². The van der Waals surface area contributed by atoms with Crippen molar-refractivity contribution in [1.29, 1.82) is 0 Å². The second-order valence-electron chi connectivity index (χ2n) is 7.33. The number of nitrogens with one attached hydrogen (secondary N) is 1. The average Bonchev–Trinajstić information content (AvgIpc) is 2.91. The summed E-state index contributed by atoms with van der Waals surface area (Å²) in [5.74, 6) is -0.180. The Labute approximate surface area is 154 Å². The lowest BCUT2D eigenvalue weighted by molar-refractivity contribution is -0.157. The molecule has 2 aromatic rings. The normalized spacial score (nSPS) is 20.6. The zero-order valence-electron chi connectivity index (χ0n) is 15.8. The minimum atomic E-state index is -1.34. The van der Waals surface area contributed by atoms with Crippen LogP contribution in [0, 0.1) is 13.8 Å². The fourth-order valence-electron chi connectivity index (χ4n) is 3.53. The molecule has 140 valence electrons. The molecule has 1 fully saturated rings. The molecule has 0 spiro atoms. The maximum atomic E-state index is 12.9. The molecule has 2 N–H and O–H groups in total. The Morgan fingerprint density at radius 3 is 2.85 bits per heavy atom. The second kappa shape index (κ2) is 7.60. The molecule has 0 saturated carbocycles. The Morgan fingerprint density at radius 2 is 2.15 bits per heavy atom. The van der Waals surface area contributed by atoms with Gasteiger partial charge in [0.1, 0.15) is 0 Å². The first-order valence-corrected chi connectivity index (χ1v) is 9.14. The van der Waals surface area contributed by atoms with Crippen molar-refractivity contribution >= 4 is 5.91 Å². The number of carbonyl (C=O) groups excluding carboxylic acids is 1. The summed E-state index contributed by atoms with van der Waals surface area (Å²) in [6.45, 7) is 6.13. The number of nitrogens with zero attached hydrogens (tertiary/aromatic N) is 3. The molecule has 2 heterocycles. The van der Waals surface area contributed by atoms with Gasteiger partial charge in [0.05, 0.1) is 6.20 Å². The van der Waals surface area contributed by atoms with Crippen LogP contribution in [0.15, 0.2) is 30.5 Å². The SMILES string of the molecule is Cc1cccc(CN2CCCC(O)(CNCc3cnn(C)c3C)C2=O)c1. The molecule has 0 radical (unpaired) electrons. The number of hydrogen-bond acceptors (Lipinski definition) is 4. The Bertz CT molecular complexity index is 786. The van der Waals surface area contributed by atoms with Crippen LogP contribution in [0.1, 0.15) is 35.2 Å². The van der Waals surface area contributed by atoms with Gasteiger partial charge in [-0.1, -0.05) is 29.8 Å². The first kappa shape index (κ1) is 18.6. The van der Waals surface area contributed by atoms with Gasteiger partial charge in [-0.25, -0.2) is 0 Å². The van der Waals surface area contributed by atoms with Crippen molar-refractivity contribution in [2.45, 2.75) is 45.4 Å². The topological polar surface area (TPSA) is 70.4 Å². The van der Waals surface area contributed by atoms with Crippen LogP contribution >= 0.6 is 0 Å². The highest BCUT2D eigenvalue weighted by Crippen LogP contribution is 2.24. The standard InChI is InChI=1S/C20H28N4O2/c1-15-6-4-7-17(10-15)13-24-9-5-8-20(26,19(24)25)14-21-11-18-12-22-23(3)16(18)2/h4,6-7,10,12,21,26H,5,8-9,11,13-14H2,1-3H3.